The van der Waals surface area contributed by atoms with Crippen molar-refractivity contribution in [3.05, 3.63) is 47.5 Å². The van der Waals surface area contributed by atoms with Crippen molar-refractivity contribution in [1.82, 2.24) is 0 Å². The van der Waals surface area contributed by atoms with Gasteiger partial charge in [0.1, 0.15) is 10.6 Å². The summed E-state index contributed by atoms with van der Waals surface area (Å²) in [6.07, 6.45) is 2.71. The zero-order valence-corrected chi connectivity index (χ0v) is 19.1. The van der Waals surface area contributed by atoms with E-state index in [1.165, 1.54) is 11.4 Å². The highest BCUT2D eigenvalue weighted by Gasteiger charge is 2.28. The Kier molecular flexibility index (Phi) is 6.62. The Hall–Kier alpha value is -2.26. The Balaban J connectivity index is 1.99. The molecule has 0 amide bonds. The number of fused-ring (bicyclic) bond motifs is 1. The molecule has 0 saturated heterocycles. The van der Waals surface area contributed by atoms with Crippen LogP contribution in [0.25, 0.3) is 0 Å². The Morgan fingerprint density at radius 2 is 1.83 bits per heavy atom. The molecule has 0 atom stereocenters. The van der Waals surface area contributed by atoms with Crippen molar-refractivity contribution in [2.75, 3.05) is 28.4 Å². The quantitative estimate of drug-likeness (QED) is 0.661. The van der Waals surface area contributed by atoms with Crippen LogP contribution < -0.4 is 13.8 Å². The maximum Gasteiger partial charge on any atom is 0.265 e. The van der Waals surface area contributed by atoms with Crippen molar-refractivity contribution < 1.29 is 21.6 Å². The van der Waals surface area contributed by atoms with Crippen molar-refractivity contribution in [3.8, 4) is 5.75 Å². The van der Waals surface area contributed by atoms with E-state index in [2.05, 4.69) is 4.72 Å². The van der Waals surface area contributed by atoms with Gasteiger partial charge < -0.3 is 4.74 Å². The lowest BCUT2D eigenvalue weighted by Crippen LogP contribution is -2.37. The zero-order chi connectivity index (χ0) is 21.9. The largest absolute Gasteiger partial charge is 0.495 e. The Bertz CT molecular complexity index is 1130. The minimum Gasteiger partial charge on any atom is -0.495 e. The Morgan fingerprint density at radius 3 is 2.50 bits per heavy atom. The molecule has 2 aromatic carbocycles. The average Bonchev–Trinajstić information content (AvgIpc) is 2.72. The van der Waals surface area contributed by atoms with Gasteiger partial charge in [-0.3, -0.25) is 9.03 Å². The molecule has 9 heteroatoms. The van der Waals surface area contributed by atoms with E-state index in [9.17, 15) is 16.8 Å². The van der Waals surface area contributed by atoms with Gasteiger partial charge in [-0.05, 0) is 61.1 Å². The second-order valence-corrected chi connectivity index (χ2v) is 10.9. The fraction of sp³-hybridized carbons (Fsp3) is 0.429. The van der Waals surface area contributed by atoms with Gasteiger partial charge in [-0.1, -0.05) is 26.0 Å². The fourth-order valence-corrected chi connectivity index (χ4v) is 6.51. The van der Waals surface area contributed by atoms with E-state index in [4.69, 9.17) is 4.74 Å². The van der Waals surface area contributed by atoms with Crippen molar-refractivity contribution >= 4 is 31.4 Å². The molecule has 2 aromatic rings. The molecule has 30 heavy (non-hydrogen) atoms. The molecule has 1 aliphatic rings. The zero-order valence-electron chi connectivity index (χ0n) is 17.5. The number of hydrogen-bond acceptors (Lipinski definition) is 5. The molecule has 0 saturated carbocycles. The van der Waals surface area contributed by atoms with Gasteiger partial charge in [-0.2, -0.15) is 0 Å². The molecule has 3 rings (SSSR count). The molecule has 0 fully saturated rings. The fourth-order valence-electron chi connectivity index (χ4n) is 3.62. The number of sulfonamides is 2. The summed E-state index contributed by atoms with van der Waals surface area (Å²) < 4.78 is 60.8. The molecule has 0 radical (unpaired) electrons. The van der Waals surface area contributed by atoms with Gasteiger partial charge in [0.25, 0.3) is 10.0 Å². The molecular formula is C21H28N2O5S2. The monoisotopic (exact) mass is 452 g/mol. The van der Waals surface area contributed by atoms with E-state index in [0.717, 1.165) is 24.0 Å². The minimum absolute atomic E-state index is 0.0533. The number of hydrogen-bond donors (Lipinski definition) is 1. The topological polar surface area (TPSA) is 92.8 Å². The van der Waals surface area contributed by atoms with Crippen LogP contribution in [0.5, 0.6) is 5.75 Å². The number of methoxy groups -OCH3 is 1. The van der Waals surface area contributed by atoms with Crippen LogP contribution in [-0.2, 0) is 32.9 Å². The minimum atomic E-state index is -3.92. The molecule has 164 valence electrons. The summed E-state index contributed by atoms with van der Waals surface area (Å²) in [5.41, 5.74) is 2.63. The van der Waals surface area contributed by atoms with Crippen LogP contribution in [0.2, 0.25) is 0 Å². The summed E-state index contributed by atoms with van der Waals surface area (Å²) in [6, 6.07) is 10.1. The molecule has 0 unspecified atom stereocenters. The third-order valence-corrected chi connectivity index (χ3v) is 8.51. The standard InChI is InChI=1S/C21H28N2O5S2/c1-4-13-29(24,25)23-12-6-7-17-9-10-18(15-19(17)23)22-30(26,27)21-14-16(5-2)8-11-20(21)28-3/h8-11,14-15,22H,4-7,12-13H2,1-3H3. The first-order valence-corrected chi connectivity index (χ1v) is 13.1. The van der Waals surface area contributed by atoms with Gasteiger partial charge in [0.15, 0.2) is 0 Å². The van der Waals surface area contributed by atoms with Crippen LogP contribution in [0.3, 0.4) is 0 Å². The van der Waals surface area contributed by atoms with Gasteiger partial charge in [0, 0.05) is 6.54 Å². The number of benzene rings is 2. The number of ether oxygens (including phenoxy) is 1. The first-order valence-electron chi connectivity index (χ1n) is 10.0. The first kappa shape index (κ1) is 22.4. The summed E-state index contributed by atoms with van der Waals surface area (Å²) in [7, 11) is -5.94. The molecule has 0 bridgehead atoms. The summed E-state index contributed by atoms with van der Waals surface area (Å²) in [6.45, 7) is 4.17. The summed E-state index contributed by atoms with van der Waals surface area (Å²) >= 11 is 0. The predicted octanol–water partition coefficient (Wildman–Crippen LogP) is 3.55. The van der Waals surface area contributed by atoms with Crippen LogP contribution in [0.4, 0.5) is 11.4 Å². The second kappa shape index (κ2) is 8.85. The number of aryl methyl sites for hydroxylation is 2. The molecule has 1 heterocycles. The van der Waals surface area contributed by atoms with E-state index in [-0.39, 0.29) is 16.4 Å². The van der Waals surface area contributed by atoms with E-state index >= 15 is 0 Å². The number of anilines is 2. The van der Waals surface area contributed by atoms with Gasteiger partial charge in [-0.15, -0.1) is 0 Å². The lowest BCUT2D eigenvalue weighted by Gasteiger charge is -2.31. The average molecular weight is 453 g/mol. The third kappa shape index (κ3) is 4.57. The highest BCUT2D eigenvalue weighted by Crippen LogP contribution is 2.34. The second-order valence-electron chi connectivity index (χ2n) is 7.28. The lowest BCUT2D eigenvalue weighted by atomic mass is 10.0. The molecule has 7 nitrogen and oxygen atoms in total. The third-order valence-electron chi connectivity index (χ3n) is 5.14. The van der Waals surface area contributed by atoms with E-state index in [1.54, 1.807) is 30.3 Å². The predicted molar refractivity (Wildman–Crippen MR) is 119 cm³/mol. The number of rotatable bonds is 8. The van der Waals surface area contributed by atoms with Crippen molar-refractivity contribution in [1.29, 1.82) is 0 Å². The van der Waals surface area contributed by atoms with Crippen LogP contribution in [0.1, 0.15) is 37.8 Å². The highest BCUT2D eigenvalue weighted by molar-refractivity contribution is 7.93. The van der Waals surface area contributed by atoms with Crippen LogP contribution >= 0.6 is 0 Å². The smallest absolute Gasteiger partial charge is 0.265 e. The van der Waals surface area contributed by atoms with Crippen molar-refractivity contribution in [2.45, 2.75) is 44.4 Å². The highest BCUT2D eigenvalue weighted by atomic mass is 32.2. The van der Waals surface area contributed by atoms with Crippen LogP contribution in [0, 0.1) is 0 Å². The molecular weight excluding hydrogens is 424 g/mol. The molecule has 0 aromatic heterocycles. The van der Waals surface area contributed by atoms with Crippen LogP contribution in [-0.4, -0.2) is 36.2 Å². The normalized spacial score (nSPS) is 14.3. The summed E-state index contributed by atoms with van der Waals surface area (Å²) in [4.78, 5) is 0.0533. The maximum atomic E-state index is 13.1. The van der Waals surface area contributed by atoms with Crippen molar-refractivity contribution in [2.24, 2.45) is 0 Å². The van der Waals surface area contributed by atoms with E-state index < -0.39 is 20.0 Å². The number of nitrogens with one attached hydrogen (secondary N) is 1. The molecule has 0 aliphatic carbocycles. The lowest BCUT2D eigenvalue weighted by molar-refractivity contribution is 0.402. The van der Waals surface area contributed by atoms with Gasteiger partial charge in [0.2, 0.25) is 10.0 Å². The van der Waals surface area contributed by atoms with E-state index in [0.29, 0.717) is 30.8 Å². The van der Waals surface area contributed by atoms with E-state index in [1.807, 2.05) is 19.9 Å². The Labute approximate surface area is 179 Å². The summed E-state index contributed by atoms with van der Waals surface area (Å²) in [5.74, 6) is 0.313. The number of nitrogens with zero attached hydrogens (tertiary/aromatic N) is 1. The molecule has 1 N–H and O–H groups in total. The first-order chi connectivity index (χ1) is 14.2. The molecule has 0 spiro atoms. The molecule has 1 aliphatic heterocycles. The van der Waals surface area contributed by atoms with Crippen LogP contribution in [0.15, 0.2) is 41.3 Å². The Morgan fingerprint density at radius 1 is 1.07 bits per heavy atom. The summed E-state index contributed by atoms with van der Waals surface area (Å²) in [5, 5.41) is 0. The van der Waals surface area contributed by atoms with Gasteiger partial charge >= 0.3 is 0 Å². The maximum absolute atomic E-state index is 13.1. The van der Waals surface area contributed by atoms with Gasteiger partial charge in [0.05, 0.1) is 24.2 Å². The van der Waals surface area contributed by atoms with Gasteiger partial charge in [-0.25, -0.2) is 16.8 Å². The SMILES string of the molecule is CCCS(=O)(=O)N1CCCc2ccc(NS(=O)(=O)c3cc(CC)ccc3OC)cc21. The van der Waals surface area contributed by atoms with Crippen molar-refractivity contribution in [3.63, 3.8) is 0 Å².